The van der Waals surface area contributed by atoms with E-state index in [4.69, 9.17) is 21.1 Å². The third-order valence-corrected chi connectivity index (χ3v) is 4.80. The maximum atomic E-state index is 12.8. The topological polar surface area (TPSA) is 79.5 Å². The molecular weight excluding hydrogens is 330 g/mol. The van der Waals surface area contributed by atoms with Crippen LogP contribution >= 0.6 is 11.6 Å². The lowest BCUT2D eigenvalue weighted by Crippen LogP contribution is -2.51. The SMILES string of the molecule is Cc1coc(CC(=O)O)c1C(=O)NC1(c2ccc(Cl)cc2)CCC1. The van der Waals surface area contributed by atoms with Crippen molar-refractivity contribution >= 4 is 23.5 Å². The van der Waals surface area contributed by atoms with Crippen molar-refractivity contribution in [3.63, 3.8) is 0 Å². The summed E-state index contributed by atoms with van der Waals surface area (Å²) in [5.74, 6) is -1.15. The normalized spacial score (nSPS) is 15.6. The number of halogens is 1. The molecule has 1 aromatic heterocycles. The van der Waals surface area contributed by atoms with Gasteiger partial charge in [-0.15, -0.1) is 0 Å². The highest BCUT2D eigenvalue weighted by Crippen LogP contribution is 2.42. The third-order valence-electron chi connectivity index (χ3n) is 4.55. The van der Waals surface area contributed by atoms with E-state index in [-0.39, 0.29) is 18.1 Å². The average molecular weight is 348 g/mol. The van der Waals surface area contributed by atoms with E-state index < -0.39 is 11.5 Å². The van der Waals surface area contributed by atoms with Crippen LogP contribution in [0.15, 0.2) is 34.9 Å². The minimum atomic E-state index is -1.03. The molecule has 0 atom stereocenters. The van der Waals surface area contributed by atoms with Crippen LogP contribution in [0.2, 0.25) is 5.02 Å². The summed E-state index contributed by atoms with van der Waals surface area (Å²) in [4.78, 5) is 23.7. The van der Waals surface area contributed by atoms with Gasteiger partial charge in [0.05, 0.1) is 17.4 Å². The standard InChI is InChI=1S/C18H18ClNO4/c1-11-10-24-14(9-15(21)22)16(11)17(23)20-18(7-2-8-18)12-3-5-13(19)6-4-12/h3-6,10H,2,7-9H2,1H3,(H,20,23)(H,21,22). The number of aryl methyl sites for hydroxylation is 1. The molecule has 1 heterocycles. The molecule has 0 radical (unpaired) electrons. The number of hydrogen-bond acceptors (Lipinski definition) is 3. The second-order valence-electron chi connectivity index (χ2n) is 6.18. The number of rotatable bonds is 5. The maximum absolute atomic E-state index is 12.8. The minimum Gasteiger partial charge on any atom is -0.481 e. The van der Waals surface area contributed by atoms with Crippen LogP contribution in [0.1, 0.15) is 46.5 Å². The Balaban J connectivity index is 1.87. The van der Waals surface area contributed by atoms with Crippen molar-refractivity contribution in [3.05, 3.63) is 58.0 Å². The quantitative estimate of drug-likeness (QED) is 0.864. The Morgan fingerprint density at radius 2 is 1.96 bits per heavy atom. The Labute approximate surface area is 144 Å². The van der Waals surface area contributed by atoms with Crippen molar-refractivity contribution in [1.82, 2.24) is 5.32 Å². The highest BCUT2D eigenvalue weighted by atomic mass is 35.5. The highest BCUT2D eigenvalue weighted by Gasteiger charge is 2.41. The molecule has 1 amide bonds. The van der Waals surface area contributed by atoms with Gasteiger partial charge in [-0.25, -0.2) is 0 Å². The average Bonchev–Trinajstić information content (AvgIpc) is 2.84. The molecule has 126 valence electrons. The summed E-state index contributed by atoms with van der Waals surface area (Å²) < 4.78 is 5.26. The molecule has 1 saturated carbocycles. The van der Waals surface area contributed by atoms with Gasteiger partial charge in [0.25, 0.3) is 5.91 Å². The van der Waals surface area contributed by atoms with Crippen molar-refractivity contribution in [2.45, 2.75) is 38.1 Å². The zero-order chi connectivity index (χ0) is 17.3. The van der Waals surface area contributed by atoms with Gasteiger partial charge in [-0.3, -0.25) is 9.59 Å². The first-order chi connectivity index (χ1) is 11.4. The summed E-state index contributed by atoms with van der Waals surface area (Å²) in [5, 5.41) is 12.7. The van der Waals surface area contributed by atoms with E-state index in [1.807, 2.05) is 24.3 Å². The molecular formula is C18H18ClNO4. The van der Waals surface area contributed by atoms with Crippen LogP contribution in [0.3, 0.4) is 0 Å². The molecule has 0 bridgehead atoms. The van der Waals surface area contributed by atoms with Gasteiger partial charge >= 0.3 is 5.97 Å². The first kappa shape index (κ1) is 16.6. The predicted molar refractivity (Wildman–Crippen MR) is 89.2 cm³/mol. The lowest BCUT2D eigenvalue weighted by Gasteiger charge is -2.43. The van der Waals surface area contributed by atoms with Crippen LogP contribution < -0.4 is 5.32 Å². The molecule has 0 unspecified atom stereocenters. The van der Waals surface area contributed by atoms with Crippen LogP contribution in [0, 0.1) is 6.92 Å². The number of nitrogens with one attached hydrogen (secondary N) is 1. The number of carbonyl (C=O) groups is 2. The Morgan fingerprint density at radius 1 is 1.29 bits per heavy atom. The van der Waals surface area contributed by atoms with Gasteiger partial charge in [0.15, 0.2) is 0 Å². The molecule has 0 spiro atoms. The van der Waals surface area contributed by atoms with Crippen molar-refractivity contribution < 1.29 is 19.1 Å². The summed E-state index contributed by atoms with van der Waals surface area (Å²) in [6.07, 6.45) is 3.81. The Bertz CT molecular complexity index is 775. The Kier molecular flexibility index (Phi) is 4.37. The number of furan rings is 1. The molecule has 24 heavy (non-hydrogen) atoms. The molecule has 2 N–H and O–H groups in total. The lowest BCUT2D eigenvalue weighted by atomic mass is 9.71. The van der Waals surface area contributed by atoms with E-state index in [9.17, 15) is 9.59 Å². The second kappa shape index (κ2) is 6.32. The molecule has 1 fully saturated rings. The zero-order valence-corrected chi connectivity index (χ0v) is 14.0. The predicted octanol–water partition coefficient (Wildman–Crippen LogP) is 3.68. The fourth-order valence-electron chi connectivity index (χ4n) is 3.14. The summed E-state index contributed by atoms with van der Waals surface area (Å²) in [5.41, 5.74) is 1.53. The lowest BCUT2D eigenvalue weighted by molar-refractivity contribution is -0.136. The van der Waals surface area contributed by atoms with Crippen LogP contribution in [0.25, 0.3) is 0 Å². The van der Waals surface area contributed by atoms with Crippen molar-refractivity contribution in [1.29, 1.82) is 0 Å². The first-order valence-electron chi connectivity index (χ1n) is 7.78. The zero-order valence-electron chi connectivity index (χ0n) is 13.3. The molecule has 0 aliphatic heterocycles. The number of benzene rings is 1. The Hall–Kier alpha value is -2.27. The maximum Gasteiger partial charge on any atom is 0.311 e. The molecule has 1 aliphatic rings. The van der Waals surface area contributed by atoms with E-state index in [1.165, 1.54) is 6.26 Å². The summed E-state index contributed by atoms with van der Waals surface area (Å²) in [6, 6.07) is 7.45. The second-order valence-corrected chi connectivity index (χ2v) is 6.62. The van der Waals surface area contributed by atoms with Crippen LogP contribution in [0.4, 0.5) is 0 Å². The molecule has 1 aliphatic carbocycles. The number of carbonyl (C=O) groups excluding carboxylic acids is 1. The number of hydrogen-bond donors (Lipinski definition) is 2. The van der Waals surface area contributed by atoms with E-state index >= 15 is 0 Å². The number of carboxylic acid groups (broad SMARTS) is 1. The molecule has 3 rings (SSSR count). The van der Waals surface area contributed by atoms with Crippen molar-refractivity contribution in [2.75, 3.05) is 0 Å². The van der Waals surface area contributed by atoms with Crippen molar-refractivity contribution in [2.24, 2.45) is 0 Å². The fourth-order valence-corrected chi connectivity index (χ4v) is 3.26. The number of aliphatic carboxylic acids is 1. The van der Waals surface area contributed by atoms with Gasteiger partial charge in [0.1, 0.15) is 12.2 Å². The largest absolute Gasteiger partial charge is 0.481 e. The van der Waals surface area contributed by atoms with Crippen LogP contribution in [0.5, 0.6) is 0 Å². The number of carboxylic acids is 1. The molecule has 2 aromatic rings. The van der Waals surface area contributed by atoms with E-state index in [0.29, 0.717) is 16.1 Å². The summed E-state index contributed by atoms with van der Waals surface area (Å²) in [7, 11) is 0. The van der Waals surface area contributed by atoms with E-state index in [1.54, 1.807) is 6.92 Å². The van der Waals surface area contributed by atoms with Crippen LogP contribution in [-0.4, -0.2) is 17.0 Å². The molecule has 0 saturated heterocycles. The van der Waals surface area contributed by atoms with Gasteiger partial charge in [-0.2, -0.15) is 0 Å². The van der Waals surface area contributed by atoms with E-state index in [0.717, 1.165) is 24.8 Å². The van der Waals surface area contributed by atoms with Gasteiger partial charge in [0, 0.05) is 10.6 Å². The smallest absolute Gasteiger partial charge is 0.311 e. The molecule has 6 heteroatoms. The van der Waals surface area contributed by atoms with Gasteiger partial charge in [-0.1, -0.05) is 23.7 Å². The monoisotopic (exact) mass is 347 g/mol. The highest BCUT2D eigenvalue weighted by molar-refractivity contribution is 6.30. The van der Waals surface area contributed by atoms with E-state index in [2.05, 4.69) is 5.32 Å². The first-order valence-corrected chi connectivity index (χ1v) is 8.16. The molecule has 1 aromatic carbocycles. The Morgan fingerprint density at radius 3 is 2.50 bits per heavy atom. The minimum absolute atomic E-state index is 0.183. The van der Waals surface area contributed by atoms with Gasteiger partial charge in [-0.05, 0) is 43.9 Å². The van der Waals surface area contributed by atoms with Gasteiger partial charge in [0.2, 0.25) is 0 Å². The van der Waals surface area contributed by atoms with Crippen molar-refractivity contribution in [3.8, 4) is 0 Å². The van der Waals surface area contributed by atoms with Crippen LogP contribution in [-0.2, 0) is 16.8 Å². The third kappa shape index (κ3) is 3.04. The van der Waals surface area contributed by atoms with Gasteiger partial charge < -0.3 is 14.8 Å². The molecule has 5 nitrogen and oxygen atoms in total. The number of amides is 1. The fraction of sp³-hybridized carbons (Fsp3) is 0.333. The summed E-state index contributed by atoms with van der Waals surface area (Å²) >= 11 is 5.94. The summed E-state index contributed by atoms with van der Waals surface area (Å²) in [6.45, 7) is 1.74.